The number of nitrogens with zero attached hydrogens (tertiary/aromatic N) is 3. The van der Waals surface area contributed by atoms with Crippen LogP contribution in [-0.4, -0.2) is 74.2 Å². The third kappa shape index (κ3) is 5.19. The highest BCUT2D eigenvalue weighted by atomic mass is 79.9. The van der Waals surface area contributed by atoms with Crippen LogP contribution in [0.1, 0.15) is 20.3 Å². The summed E-state index contributed by atoms with van der Waals surface area (Å²) in [7, 11) is -3.65. The van der Waals surface area contributed by atoms with Crippen molar-refractivity contribution in [2.75, 3.05) is 45.8 Å². The van der Waals surface area contributed by atoms with E-state index >= 15 is 0 Å². The van der Waals surface area contributed by atoms with Crippen molar-refractivity contribution in [2.45, 2.75) is 25.2 Å². The summed E-state index contributed by atoms with van der Waals surface area (Å²) >= 11 is 9.43. The van der Waals surface area contributed by atoms with E-state index < -0.39 is 10.0 Å². The first kappa shape index (κ1) is 21.6. The molecule has 1 aliphatic rings. The van der Waals surface area contributed by atoms with Gasteiger partial charge >= 0.3 is 0 Å². The topological polar surface area (TPSA) is 60.9 Å². The zero-order chi connectivity index (χ0) is 19.3. The van der Waals surface area contributed by atoms with E-state index in [0.717, 1.165) is 4.47 Å². The van der Waals surface area contributed by atoms with Gasteiger partial charge in [0.2, 0.25) is 15.9 Å². The van der Waals surface area contributed by atoms with Crippen LogP contribution in [0, 0.1) is 0 Å². The highest BCUT2D eigenvalue weighted by Crippen LogP contribution is 2.28. The van der Waals surface area contributed by atoms with Crippen LogP contribution in [0.25, 0.3) is 0 Å². The van der Waals surface area contributed by atoms with Crippen LogP contribution in [0.15, 0.2) is 27.6 Å². The molecule has 1 saturated heterocycles. The lowest BCUT2D eigenvalue weighted by Gasteiger charge is -2.25. The van der Waals surface area contributed by atoms with Gasteiger partial charge in [0.1, 0.15) is 4.90 Å². The van der Waals surface area contributed by atoms with E-state index in [9.17, 15) is 13.2 Å². The highest BCUT2D eigenvalue weighted by Gasteiger charge is 2.29. The van der Waals surface area contributed by atoms with Gasteiger partial charge in [-0.15, -0.1) is 0 Å². The molecule has 0 N–H and O–H groups in total. The van der Waals surface area contributed by atoms with Crippen LogP contribution in [0.2, 0.25) is 5.02 Å². The number of hydrogen-bond acceptors (Lipinski definition) is 4. The van der Waals surface area contributed by atoms with Gasteiger partial charge in [-0.1, -0.05) is 27.5 Å². The van der Waals surface area contributed by atoms with E-state index in [1.807, 2.05) is 18.7 Å². The fourth-order valence-corrected chi connectivity index (χ4v) is 5.52. The molecule has 0 atom stereocenters. The van der Waals surface area contributed by atoms with Gasteiger partial charge in [-0.2, -0.15) is 4.31 Å². The molecule has 26 heavy (non-hydrogen) atoms. The van der Waals surface area contributed by atoms with Crippen LogP contribution in [0.3, 0.4) is 0 Å². The van der Waals surface area contributed by atoms with E-state index in [0.29, 0.717) is 52.2 Å². The second kappa shape index (κ2) is 9.50. The average Bonchev–Trinajstić information content (AvgIpc) is 2.81. The first-order valence-corrected chi connectivity index (χ1v) is 11.4. The molecule has 1 amide bonds. The summed E-state index contributed by atoms with van der Waals surface area (Å²) < 4.78 is 28.1. The summed E-state index contributed by atoms with van der Waals surface area (Å²) in [5.41, 5.74) is 0. The molecule has 0 unspecified atom stereocenters. The van der Waals surface area contributed by atoms with E-state index in [1.165, 1.54) is 10.4 Å². The summed E-state index contributed by atoms with van der Waals surface area (Å²) in [6.45, 7) is 7.62. The molecule has 0 aliphatic carbocycles. The molecule has 6 nitrogen and oxygen atoms in total. The molecular weight excluding hydrogens is 442 g/mol. The number of halogens is 2. The third-order valence-electron chi connectivity index (χ3n) is 4.53. The van der Waals surface area contributed by atoms with Gasteiger partial charge in [0.05, 0.1) is 11.6 Å². The minimum absolute atomic E-state index is 0.0854. The van der Waals surface area contributed by atoms with Crippen molar-refractivity contribution in [3.63, 3.8) is 0 Å². The van der Waals surface area contributed by atoms with Gasteiger partial charge in [-0.3, -0.25) is 9.69 Å². The zero-order valence-corrected chi connectivity index (χ0v) is 18.3. The maximum atomic E-state index is 12.9. The first-order chi connectivity index (χ1) is 12.3. The van der Waals surface area contributed by atoms with E-state index in [1.54, 1.807) is 17.0 Å². The first-order valence-electron chi connectivity index (χ1n) is 8.75. The number of amides is 1. The molecule has 1 fully saturated rings. The van der Waals surface area contributed by atoms with Crippen molar-refractivity contribution >= 4 is 43.5 Å². The van der Waals surface area contributed by atoms with Crippen LogP contribution in [-0.2, 0) is 14.8 Å². The van der Waals surface area contributed by atoms with Gasteiger partial charge < -0.3 is 4.90 Å². The fraction of sp³-hybridized carbons (Fsp3) is 0.588. The summed E-state index contributed by atoms with van der Waals surface area (Å²) in [6.07, 6.45) is 0.679. The highest BCUT2D eigenvalue weighted by molar-refractivity contribution is 9.10. The molecule has 0 radical (unpaired) electrons. The number of hydrogen-bond donors (Lipinski definition) is 0. The maximum Gasteiger partial charge on any atom is 0.244 e. The average molecular weight is 467 g/mol. The van der Waals surface area contributed by atoms with Crippen molar-refractivity contribution in [2.24, 2.45) is 0 Å². The number of benzene rings is 1. The van der Waals surface area contributed by atoms with Crippen molar-refractivity contribution in [3.05, 3.63) is 27.7 Å². The normalized spacial score (nSPS) is 17.1. The second-order valence-electron chi connectivity index (χ2n) is 6.17. The molecule has 1 aromatic rings. The Labute approximate surface area is 169 Å². The van der Waals surface area contributed by atoms with Crippen LogP contribution < -0.4 is 0 Å². The SMILES string of the molecule is CCN(CC)C(=O)CN1CCCN(S(=O)(=O)c2ccc(Br)cc2Cl)CC1. The van der Waals surface area contributed by atoms with E-state index in [2.05, 4.69) is 15.9 Å². The minimum Gasteiger partial charge on any atom is -0.342 e. The van der Waals surface area contributed by atoms with Crippen molar-refractivity contribution in [1.82, 2.24) is 14.1 Å². The maximum absolute atomic E-state index is 12.9. The van der Waals surface area contributed by atoms with Gasteiger partial charge in [0.25, 0.3) is 0 Å². The number of rotatable bonds is 6. The molecule has 1 heterocycles. The molecule has 1 aliphatic heterocycles. The number of likely N-dealkylation sites (N-methyl/N-ethyl adjacent to an activating group) is 1. The van der Waals surface area contributed by atoms with Gasteiger partial charge in [-0.25, -0.2) is 8.42 Å². The second-order valence-corrected chi connectivity index (χ2v) is 9.40. The lowest BCUT2D eigenvalue weighted by molar-refractivity contribution is -0.132. The smallest absolute Gasteiger partial charge is 0.244 e. The van der Waals surface area contributed by atoms with Crippen molar-refractivity contribution in [3.8, 4) is 0 Å². The van der Waals surface area contributed by atoms with E-state index in [-0.39, 0.29) is 15.8 Å². The molecule has 0 saturated carbocycles. The molecule has 9 heteroatoms. The zero-order valence-electron chi connectivity index (χ0n) is 15.1. The summed E-state index contributed by atoms with van der Waals surface area (Å²) in [5.74, 6) is 0.0854. The Balaban J connectivity index is 2.06. The number of carbonyl (C=O) groups excluding carboxylic acids is 1. The fourth-order valence-electron chi connectivity index (χ4n) is 3.04. The Morgan fingerprint density at radius 1 is 1.19 bits per heavy atom. The third-order valence-corrected chi connectivity index (χ3v) is 7.41. The van der Waals surface area contributed by atoms with Crippen LogP contribution >= 0.6 is 27.5 Å². The lowest BCUT2D eigenvalue weighted by Crippen LogP contribution is -2.42. The summed E-state index contributed by atoms with van der Waals surface area (Å²) in [6, 6.07) is 4.78. The Kier molecular flexibility index (Phi) is 7.90. The van der Waals surface area contributed by atoms with Crippen molar-refractivity contribution < 1.29 is 13.2 Å². The largest absolute Gasteiger partial charge is 0.342 e. The Bertz CT molecular complexity index is 741. The Morgan fingerprint density at radius 3 is 2.50 bits per heavy atom. The van der Waals surface area contributed by atoms with Gasteiger partial charge in [0.15, 0.2) is 0 Å². The predicted molar refractivity (Wildman–Crippen MR) is 107 cm³/mol. The quantitative estimate of drug-likeness (QED) is 0.647. The van der Waals surface area contributed by atoms with Crippen molar-refractivity contribution in [1.29, 1.82) is 0 Å². The standard InChI is InChI=1S/C17H25BrClN3O3S/c1-3-21(4-2)17(23)13-20-8-5-9-22(11-10-20)26(24,25)16-7-6-14(18)12-15(16)19/h6-7,12H,3-5,8-11,13H2,1-2H3. The lowest BCUT2D eigenvalue weighted by atomic mass is 10.3. The number of carbonyl (C=O) groups is 1. The monoisotopic (exact) mass is 465 g/mol. The Hall–Kier alpha value is -0.670. The summed E-state index contributed by atoms with van der Waals surface area (Å²) in [5, 5.41) is 0.206. The Morgan fingerprint density at radius 2 is 1.88 bits per heavy atom. The molecule has 1 aromatic carbocycles. The molecule has 0 spiro atoms. The summed E-state index contributed by atoms with van der Waals surface area (Å²) in [4.78, 5) is 16.2. The van der Waals surface area contributed by atoms with E-state index in [4.69, 9.17) is 11.6 Å². The van der Waals surface area contributed by atoms with Crippen LogP contribution in [0.4, 0.5) is 0 Å². The molecule has 0 bridgehead atoms. The predicted octanol–water partition coefficient (Wildman–Crippen LogP) is 2.67. The van der Waals surface area contributed by atoms with Gasteiger partial charge in [-0.05, 0) is 45.0 Å². The molecular formula is C17H25BrClN3O3S. The molecule has 0 aromatic heterocycles. The van der Waals surface area contributed by atoms with Gasteiger partial charge in [0, 0.05) is 37.2 Å². The van der Waals surface area contributed by atoms with Crippen LogP contribution in [0.5, 0.6) is 0 Å². The number of sulfonamides is 1. The molecule has 146 valence electrons. The molecule has 2 rings (SSSR count). The minimum atomic E-state index is -3.65.